The Balaban J connectivity index is 1.63. The van der Waals surface area contributed by atoms with E-state index >= 15 is 0 Å². The van der Waals surface area contributed by atoms with Crippen molar-refractivity contribution in [2.75, 3.05) is 10.6 Å². The molecule has 8 heteroatoms. The number of nitrogens with one attached hydrogen (secondary N) is 2. The lowest BCUT2D eigenvalue weighted by Gasteiger charge is -2.11. The van der Waals surface area contributed by atoms with Crippen LogP contribution in [0.1, 0.15) is 34.1 Å². The lowest BCUT2D eigenvalue weighted by molar-refractivity contribution is 0.0697. The lowest BCUT2D eigenvalue weighted by Crippen LogP contribution is -2.19. The quantitative estimate of drug-likeness (QED) is 0.417. The minimum atomic E-state index is -1.06. The van der Waals surface area contributed by atoms with Crippen molar-refractivity contribution >= 4 is 29.0 Å². The molecule has 3 N–H and O–H groups in total. The van der Waals surface area contributed by atoms with E-state index in [0.29, 0.717) is 29.2 Å². The zero-order valence-electron chi connectivity index (χ0n) is 18.0. The fraction of sp³-hybridized carbons (Fsp3) is 0.167. The minimum Gasteiger partial charge on any atom is -0.477 e. The van der Waals surface area contributed by atoms with Gasteiger partial charge in [0.25, 0.3) is 0 Å². The Morgan fingerprint density at radius 3 is 2.44 bits per heavy atom. The monoisotopic (exact) mass is 429 g/mol. The van der Waals surface area contributed by atoms with E-state index in [9.17, 15) is 14.7 Å². The molecule has 4 aromatic rings. The number of benzene rings is 2. The smallest absolute Gasteiger partial charge is 0.341 e. The summed E-state index contributed by atoms with van der Waals surface area (Å²) in [6.07, 6.45) is 2.04. The molecule has 2 aromatic carbocycles. The van der Waals surface area contributed by atoms with Crippen molar-refractivity contribution in [1.29, 1.82) is 0 Å². The van der Waals surface area contributed by atoms with Gasteiger partial charge in [0, 0.05) is 23.1 Å². The number of carboxylic acids is 1. The molecule has 0 aliphatic rings. The maximum Gasteiger partial charge on any atom is 0.341 e. The van der Waals surface area contributed by atoms with Crippen molar-refractivity contribution in [3.8, 4) is 11.3 Å². The SMILES string of the molecule is CCc1nn2c(-c3cccc(NC(=O)Nc4ccc(C)c(C)c4)c3)ccnc2c1C(=O)O. The lowest BCUT2D eigenvalue weighted by atomic mass is 10.1. The number of nitrogens with zero attached hydrogens (tertiary/aromatic N) is 3. The molecule has 0 spiro atoms. The van der Waals surface area contributed by atoms with Gasteiger partial charge in [0.2, 0.25) is 0 Å². The molecule has 0 aliphatic heterocycles. The third-order valence-corrected chi connectivity index (χ3v) is 5.32. The van der Waals surface area contributed by atoms with Gasteiger partial charge >= 0.3 is 12.0 Å². The van der Waals surface area contributed by atoms with Crippen LogP contribution in [-0.4, -0.2) is 31.7 Å². The topological polar surface area (TPSA) is 109 Å². The summed E-state index contributed by atoms with van der Waals surface area (Å²) in [6.45, 7) is 5.86. The predicted octanol–water partition coefficient (Wildman–Crippen LogP) is 4.92. The second kappa shape index (κ2) is 8.50. The standard InChI is InChI=1S/C24H23N5O3/c1-4-19-21(23(30)31)22-25-11-10-20(29(22)28-19)16-6-5-7-17(13-16)26-24(32)27-18-9-8-14(2)15(3)12-18/h5-13H,4H2,1-3H3,(H,30,31)(H2,26,27,32). The van der Waals surface area contributed by atoms with E-state index in [0.717, 1.165) is 16.7 Å². The molecule has 2 aromatic heterocycles. The molecule has 0 bridgehead atoms. The van der Waals surface area contributed by atoms with E-state index in [2.05, 4.69) is 20.7 Å². The molecule has 0 radical (unpaired) electrons. The van der Waals surface area contributed by atoms with Gasteiger partial charge in [-0.1, -0.05) is 25.1 Å². The second-order valence-corrected chi connectivity index (χ2v) is 7.50. The molecular formula is C24H23N5O3. The average molecular weight is 429 g/mol. The first kappa shape index (κ1) is 21.0. The van der Waals surface area contributed by atoms with Gasteiger partial charge < -0.3 is 15.7 Å². The first-order chi connectivity index (χ1) is 15.4. The molecule has 0 saturated carbocycles. The zero-order chi connectivity index (χ0) is 22.8. The average Bonchev–Trinajstić information content (AvgIpc) is 3.15. The second-order valence-electron chi connectivity index (χ2n) is 7.50. The highest BCUT2D eigenvalue weighted by molar-refractivity contribution is 6.00. The molecule has 0 atom stereocenters. The van der Waals surface area contributed by atoms with Gasteiger partial charge in [-0.15, -0.1) is 0 Å². The molecule has 8 nitrogen and oxygen atoms in total. The Morgan fingerprint density at radius 1 is 1.00 bits per heavy atom. The van der Waals surface area contributed by atoms with E-state index in [4.69, 9.17) is 0 Å². The number of aromatic carboxylic acids is 1. The van der Waals surface area contributed by atoms with Gasteiger partial charge in [-0.2, -0.15) is 5.10 Å². The molecule has 2 heterocycles. The zero-order valence-corrected chi connectivity index (χ0v) is 18.0. The number of rotatable bonds is 5. The van der Waals surface area contributed by atoms with Crippen molar-refractivity contribution in [3.63, 3.8) is 0 Å². The Morgan fingerprint density at radius 2 is 1.75 bits per heavy atom. The minimum absolute atomic E-state index is 0.108. The van der Waals surface area contributed by atoms with Crippen LogP contribution >= 0.6 is 0 Å². The van der Waals surface area contributed by atoms with Gasteiger partial charge in [0.15, 0.2) is 5.65 Å². The number of aryl methyl sites for hydroxylation is 3. The summed E-state index contributed by atoms with van der Waals surface area (Å²) in [5, 5.41) is 19.7. The largest absolute Gasteiger partial charge is 0.477 e. The maximum atomic E-state index is 12.5. The summed E-state index contributed by atoms with van der Waals surface area (Å²) in [6, 6.07) is 14.4. The summed E-state index contributed by atoms with van der Waals surface area (Å²) in [7, 11) is 0. The van der Waals surface area contributed by atoms with Crippen molar-refractivity contribution in [1.82, 2.24) is 14.6 Å². The summed E-state index contributed by atoms with van der Waals surface area (Å²) < 4.78 is 1.54. The fourth-order valence-corrected chi connectivity index (χ4v) is 3.54. The molecular weight excluding hydrogens is 406 g/mol. The highest BCUT2D eigenvalue weighted by atomic mass is 16.4. The molecule has 0 aliphatic carbocycles. The van der Waals surface area contributed by atoms with Crippen molar-refractivity contribution in [2.45, 2.75) is 27.2 Å². The van der Waals surface area contributed by atoms with E-state index in [1.165, 1.54) is 4.52 Å². The number of carbonyl (C=O) groups excluding carboxylic acids is 1. The third-order valence-electron chi connectivity index (χ3n) is 5.32. The maximum absolute atomic E-state index is 12.5. The highest BCUT2D eigenvalue weighted by Gasteiger charge is 2.21. The number of anilines is 2. The summed E-state index contributed by atoms with van der Waals surface area (Å²) >= 11 is 0. The Hall–Kier alpha value is -4.20. The van der Waals surface area contributed by atoms with Crippen LogP contribution in [0.4, 0.5) is 16.2 Å². The number of carboxylic acid groups (broad SMARTS) is 1. The number of amides is 2. The Labute approximate surface area is 184 Å². The summed E-state index contributed by atoms with van der Waals surface area (Å²) in [5.74, 6) is -1.06. The molecule has 32 heavy (non-hydrogen) atoms. The van der Waals surface area contributed by atoms with Crippen LogP contribution in [0.15, 0.2) is 54.7 Å². The first-order valence-electron chi connectivity index (χ1n) is 10.2. The van der Waals surface area contributed by atoms with Crippen LogP contribution in [-0.2, 0) is 6.42 Å². The third kappa shape index (κ3) is 4.02. The number of hydrogen-bond acceptors (Lipinski definition) is 4. The molecule has 162 valence electrons. The Kier molecular flexibility index (Phi) is 5.59. The molecule has 0 saturated heterocycles. The fourth-order valence-electron chi connectivity index (χ4n) is 3.54. The summed E-state index contributed by atoms with van der Waals surface area (Å²) in [5.41, 5.74) is 5.87. The van der Waals surface area contributed by atoms with Gasteiger partial charge in [-0.3, -0.25) is 0 Å². The van der Waals surface area contributed by atoms with Crippen molar-refractivity contribution in [2.24, 2.45) is 0 Å². The molecule has 2 amide bonds. The summed E-state index contributed by atoms with van der Waals surface area (Å²) in [4.78, 5) is 28.4. The van der Waals surface area contributed by atoms with Crippen molar-refractivity contribution in [3.05, 3.63) is 77.1 Å². The Bertz CT molecular complexity index is 1340. The number of hydrogen-bond donors (Lipinski definition) is 3. The van der Waals surface area contributed by atoms with Gasteiger partial charge in [0.1, 0.15) is 5.56 Å². The molecule has 4 rings (SSSR count). The van der Waals surface area contributed by atoms with Gasteiger partial charge in [0.05, 0.1) is 11.4 Å². The first-order valence-corrected chi connectivity index (χ1v) is 10.2. The highest BCUT2D eigenvalue weighted by Crippen LogP contribution is 2.25. The number of urea groups is 1. The number of carbonyl (C=O) groups is 2. The normalized spacial score (nSPS) is 10.8. The van der Waals surface area contributed by atoms with E-state index < -0.39 is 5.97 Å². The number of fused-ring (bicyclic) bond motifs is 1. The van der Waals surface area contributed by atoms with Crippen molar-refractivity contribution < 1.29 is 14.7 Å². The van der Waals surface area contributed by atoms with E-state index in [1.807, 2.05) is 57.2 Å². The van der Waals surface area contributed by atoms with Gasteiger partial charge in [-0.25, -0.2) is 19.1 Å². The van der Waals surface area contributed by atoms with E-state index in [-0.39, 0.29) is 17.2 Å². The number of aromatic nitrogens is 3. The van der Waals surface area contributed by atoms with Gasteiger partial charge in [-0.05, 0) is 61.7 Å². The molecule has 0 fully saturated rings. The van der Waals surface area contributed by atoms with Crippen LogP contribution in [0.2, 0.25) is 0 Å². The van der Waals surface area contributed by atoms with E-state index in [1.54, 1.807) is 18.3 Å². The van der Waals surface area contributed by atoms with Crippen LogP contribution in [0.25, 0.3) is 16.9 Å². The van der Waals surface area contributed by atoms with Crippen LogP contribution < -0.4 is 10.6 Å². The van der Waals surface area contributed by atoms with Crippen LogP contribution in [0.3, 0.4) is 0 Å². The van der Waals surface area contributed by atoms with Crippen LogP contribution in [0, 0.1) is 13.8 Å². The predicted molar refractivity (Wildman–Crippen MR) is 123 cm³/mol. The van der Waals surface area contributed by atoms with Crippen LogP contribution in [0.5, 0.6) is 0 Å². The molecule has 0 unspecified atom stereocenters.